The molecule has 9 aromatic rings. The first-order chi connectivity index (χ1) is 24.7. The van der Waals surface area contributed by atoms with Gasteiger partial charge < -0.3 is 14.5 Å². The normalized spacial score (nSPS) is 12.2. The lowest BCUT2D eigenvalue weighted by molar-refractivity contribution is 0.477. The average Bonchev–Trinajstić information content (AvgIpc) is 3.18. The summed E-state index contributed by atoms with van der Waals surface area (Å²) in [5.74, 6) is 1.39. The van der Waals surface area contributed by atoms with Crippen molar-refractivity contribution in [3.8, 4) is 22.6 Å². The van der Waals surface area contributed by atoms with Crippen LogP contribution in [-0.2, 0) is 0 Å². The molecule has 10 rings (SSSR count). The summed E-state index contributed by atoms with van der Waals surface area (Å²) in [5.41, 5.74) is 8.23. The first-order valence-corrected chi connectivity index (χ1v) is 17.2. The van der Waals surface area contributed by atoms with E-state index in [2.05, 4.69) is 149 Å². The predicted molar refractivity (Wildman–Crippen MR) is 210 cm³/mol. The quantitative estimate of drug-likeness (QED) is 0.171. The molecule has 0 atom stereocenters. The van der Waals surface area contributed by atoms with Gasteiger partial charge in [-0.2, -0.15) is 0 Å². The summed E-state index contributed by atoms with van der Waals surface area (Å²) >= 11 is 7.25. The van der Waals surface area contributed by atoms with E-state index < -0.39 is 0 Å². The van der Waals surface area contributed by atoms with Gasteiger partial charge in [0.2, 0.25) is 0 Å². The van der Waals surface area contributed by atoms with E-state index in [1.807, 2.05) is 36.4 Å². The van der Waals surface area contributed by atoms with Gasteiger partial charge in [0, 0.05) is 22.4 Å². The van der Waals surface area contributed by atoms with Crippen LogP contribution in [-0.4, -0.2) is 0 Å². The molecule has 1 aliphatic rings. The van der Waals surface area contributed by atoms with Crippen LogP contribution < -0.4 is 14.5 Å². The van der Waals surface area contributed by atoms with Crippen molar-refractivity contribution in [3.63, 3.8) is 0 Å². The van der Waals surface area contributed by atoms with Crippen molar-refractivity contribution in [2.75, 3.05) is 9.80 Å². The summed E-state index contributed by atoms with van der Waals surface area (Å²) in [4.78, 5) is 4.57. The van der Waals surface area contributed by atoms with Gasteiger partial charge in [0.05, 0.1) is 22.1 Å². The second-order valence-electron chi connectivity index (χ2n) is 12.7. The topological polar surface area (TPSA) is 15.7 Å². The monoisotopic (exact) mass is 660 g/mol. The van der Waals surface area contributed by atoms with Gasteiger partial charge in [-0.25, -0.2) is 0 Å². The third-order valence-corrected chi connectivity index (χ3v) is 10.1. The van der Waals surface area contributed by atoms with Crippen molar-refractivity contribution >= 4 is 78.0 Å². The van der Waals surface area contributed by atoms with E-state index in [9.17, 15) is 0 Å². The number of para-hydroxylation sites is 3. The highest BCUT2D eigenvalue weighted by Crippen LogP contribution is 2.55. The summed E-state index contributed by atoms with van der Waals surface area (Å²) < 4.78 is 6.53. The molecule has 4 heteroatoms. The van der Waals surface area contributed by atoms with Crippen molar-refractivity contribution in [1.29, 1.82) is 0 Å². The highest BCUT2D eigenvalue weighted by atomic mass is 35.5. The standard InChI is InChI=1S/C46H29ClN2O/c47-39-28-37(29-42-46(39)50-43-17-8-7-16-41(43)49(42)35-14-5-2-6-15-35)48(36-24-20-31(21-25-36)30-10-3-1-4-11-30)40-27-23-34-19-18-32-12-9-13-33-22-26-38(40)45(34)44(32)33/h1-29H. The Balaban J connectivity index is 1.23. The second kappa shape index (κ2) is 11.4. The smallest absolute Gasteiger partial charge is 0.170 e. The van der Waals surface area contributed by atoms with Crippen LogP contribution in [0.25, 0.3) is 43.4 Å². The van der Waals surface area contributed by atoms with Gasteiger partial charge in [0.15, 0.2) is 11.5 Å². The molecule has 0 saturated heterocycles. The van der Waals surface area contributed by atoms with E-state index in [1.54, 1.807) is 0 Å². The first-order valence-electron chi connectivity index (χ1n) is 16.8. The summed E-state index contributed by atoms with van der Waals surface area (Å²) in [6.07, 6.45) is 0. The van der Waals surface area contributed by atoms with E-state index in [1.165, 1.54) is 37.9 Å². The highest BCUT2D eigenvalue weighted by Gasteiger charge is 2.30. The van der Waals surface area contributed by atoms with Gasteiger partial charge in [-0.1, -0.05) is 133 Å². The molecule has 0 radical (unpaired) electrons. The van der Waals surface area contributed by atoms with Gasteiger partial charge in [0.25, 0.3) is 0 Å². The maximum Gasteiger partial charge on any atom is 0.170 e. The van der Waals surface area contributed by atoms with E-state index in [-0.39, 0.29) is 0 Å². The molecule has 0 amide bonds. The lowest BCUT2D eigenvalue weighted by Crippen LogP contribution is -2.17. The molecule has 1 heterocycles. The molecule has 0 spiro atoms. The number of fused-ring (bicyclic) bond motifs is 2. The van der Waals surface area contributed by atoms with Crippen LogP contribution in [0.2, 0.25) is 5.02 Å². The minimum absolute atomic E-state index is 0.538. The molecule has 236 valence electrons. The largest absolute Gasteiger partial charge is 0.451 e. The van der Waals surface area contributed by atoms with Crippen molar-refractivity contribution in [2.45, 2.75) is 0 Å². The SMILES string of the molecule is Clc1cc(N(c2ccc(-c3ccccc3)cc2)c2ccc3ccc4cccc5ccc2c3c45)cc2c1Oc1ccccc1N2c1ccccc1. The van der Waals surface area contributed by atoms with Crippen LogP contribution in [0.5, 0.6) is 11.5 Å². The number of benzene rings is 9. The summed E-state index contributed by atoms with van der Waals surface area (Å²) in [6, 6.07) is 62.0. The molecular formula is C46H29ClN2O. The molecular weight excluding hydrogens is 632 g/mol. The first kappa shape index (κ1) is 28.7. The van der Waals surface area contributed by atoms with Crippen LogP contribution in [0, 0.1) is 0 Å². The number of anilines is 6. The summed E-state index contributed by atoms with van der Waals surface area (Å²) in [6.45, 7) is 0. The Bertz CT molecular complexity index is 2670. The Morgan fingerprint density at radius 3 is 1.90 bits per heavy atom. The Labute approximate surface area is 295 Å². The number of nitrogens with zero attached hydrogens (tertiary/aromatic N) is 2. The Morgan fingerprint density at radius 2 is 1.12 bits per heavy atom. The van der Waals surface area contributed by atoms with Gasteiger partial charge in [-0.05, 0) is 92.7 Å². The molecule has 0 saturated carbocycles. The Morgan fingerprint density at radius 1 is 0.480 bits per heavy atom. The fourth-order valence-electron chi connectivity index (χ4n) is 7.56. The van der Waals surface area contributed by atoms with E-state index in [4.69, 9.17) is 16.3 Å². The Kier molecular flexibility index (Phi) is 6.55. The van der Waals surface area contributed by atoms with Crippen molar-refractivity contribution in [3.05, 3.63) is 181 Å². The van der Waals surface area contributed by atoms with Gasteiger partial charge in [-0.3, -0.25) is 0 Å². The number of halogens is 1. The fraction of sp³-hybridized carbons (Fsp3) is 0. The molecule has 50 heavy (non-hydrogen) atoms. The lowest BCUT2D eigenvalue weighted by Gasteiger charge is -2.35. The van der Waals surface area contributed by atoms with Crippen LogP contribution in [0.1, 0.15) is 0 Å². The zero-order valence-electron chi connectivity index (χ0n) is 26.9. The van der Waals surface area contributed by atoms with E-state index in [0.29, 0.717) is 10.8 Å². The van der Waals surface area contributed by atoms with Gasteiger partial charge in [0.1, 0.15) is 0 Å². The number of rotatable bonds is 5. The minimum atomic E-state index is 0.538. The molecule has 3 nitrogen and oxygen atoms in total. The molecule has 1 aliphatic heterocycles. The molecule has 0 bridgehead atoms. The molecule has 0 unspecified atom stereocenters. The van der Waals surface area contributed by atoms with Crippen LogP contribution >= 0.6 is 11.6 Å². The Hall–Kier alpha value is -6.29. The number of ether oxygens (including phenoxy) is 1. The van der Waals surface area contributed by atoms with E-state index in [0.717, 1.165) is 45.4 Å². The third kappa shape index (κ3) is 4.52. The summed E-state index contributed by atoms with van der Waals surface area (Å²) in [5, 5.41) is 7.95. The zero-order valence-corrected chi connectivity index (χ0v) is 27.7. The van der Waals surface area contributed by atoms with E-state index >= 15 is 0 Å². The average molecular weight is 661 g/mol. The highest BCUT2D eigenvalue weighted by molar-refractivity contribution is 6.33. The van der Waals surface area contributed by atoms with Crippen molar-refractivity contribution in [1.82, 2.24) is 0 Å². The molecule has 9 aromatic carbocycles. The second-order valence-corrected chi connectivity index (χ2v) is 13.1. The zero-order chi connectivity index (χ0) is 33.2. The maximum atomic E-state index is 7.25. The lowest BCUT2D eigenvalue weighted by atomic mass is 9.93. The molecule has 0 N–H and O–H groups in total. The van der Waals surface area contributed by atoms with Gasteiger partial charge >= 0.3 is 0 Å². The number of hydrogen-bond acceptors (Lipinski definition) is 3. The fourth-order valence-corrected chi connectivity index (χ4v) is 7.81. The van der Waals surface area contributed by atoms with Gasteiger partial charge in [-0.15, -0.1) is 0 Å². The minimum Gasteiger partial charge on any atom is -0.451 e. The van der Waals surface area contributed by atoms with Crippen LogP contribution in [0.15, 0.2) is 176 Å². The maximum absolute atomic E-state index is 7.25. The third-order valence-electron chi connectivity index (χ3n) is 9.82. The molecule has 0 fully saturated rings. The molecule has 0 aromatic heterocycles. The number of hydrogen-bond donors (Lipinski definition) is 0. The molecule has 0 aliphatic carbocycles. The van der Waals surface area contributed by atoms with Crippen LogP contribution in [0.4, 0.5) is 34.1 Å². The van der Waals surface area contributed by atoms with Crippen molar-refractivity contribution in [2.24, 2.45) is 0 Å². The summed E-state index contributed by atoms with van der Waals surface area (Å²) in [7, 11) is 0. The van der Waals surface area contributed by atoms with Crippen LogP contribution in [0.3, 0.4) is 0 Å². The van der Waals surface area contributed by atoms with Crippen molar-refractivity contribution < 1.29 is 4.74 Å². The predicted octanol–water partition coefficient (Wildman–Crippen LogP) is 13.9.